The summed E-state index contributed by atoms with van der Waals surface area (Å²) < 4.78 is 11.0. The number of ether oxygens (including phenoxy) is 2. The number of allylic oxidation sites excluding steroid dienone is 3. The Balaban J connectivity index is 0.00000187. The molecule has 1 aromatic carbocycles. The van der Waals surface area contributed by atoms with Crippen LogP contribution >= 0.6 is 11.3 Å². The molecule has 1 saturated heterocycles. The number of thiazole rings is 1. The normalized spacial score (nSPS) is 14.8. The average Bonchev–Trinajstić information content (AvgIpc) is 3.29. The van der Waals surface area contributed by atoms with Crippen LogP contribution in [-0.2, 0) is 11.3 Å². The quantitative estimate of drug-likeness (QED) is 0.415. The van der Waals surface area contributed by atoms with E-state index < -0.39 is 0 Å². The van der Waals surface area contributed by atoms with E-state index in [1.165, 1.54) is 16.9 Å². The smallest absolute Gasteiger partial charge is 0.407 e. The molecule has 0 saturated carbocycles. The van der Waals surface area contributed by atoms with Gasteiger partial charge in [-0.3, -0.25) is 4.90 Å². The van der Waals surface area contributed by atoms with Gasteiger partial charge in [0.2, 0.25) is 0 Å². The van der Waals surface area contributed by atoms with Crippen LogP contribution in [0.2, 0.25) is 0 Å². The molecule has 1 aliphatic heterocycles. The van der Waals surface area contributed by atoms with Crippen LogP contribution in [0.3, 0.4) is 0 Å². The van der Waals surface area contributed by atoms with E-state index in [-0.39, 0.29) is 12.1 Å². The third-order valence-corrected chi connectivity index (χ3v) is 5.79. The van der Waals surface area contributed by atoms with Crippen molar-refractivity contribution in [2.75, 3.05) is 19.7 Å². The second kappa shape index (κ2) is 15.2. The number of hydrogen-bond donors (Lipinski definition) is 1. The highest BCUT2D eigenvalue weighted by Crippen LogP contribution is 2.27. The lowest BCUT2D eigenvalue weighted by Gasteiger charge is -2.32. The zero-order valence-corrected chi connectivity index (χ0v) is 21.1. The second-order valence-electron chi connectivity index (χ2n) is 7.49. The number of carbonyl (C=O) groups is 1. The molecule has 1 amide bonds. The summed E-state index contributed by atoms with van der Waals surface area (Å²) in [6, 6.07) is 8.38. The Morgan fingerprint density at radius 3 is 2.61 bits per heavy atom. The highest BCUT2D eigenvalue weighted by molar-refractivity contribution is 7.14. The van der Waals surface area contributed by atoms with E-state index in [0.717, 1.165) is 49.5 Å². The van der Waals surface area contributed by atoms with Crippen LogP contribution in [0.1, 0.15) is 57.4 Å². The largest absolute Gasteiger partial charge is 0.450 e. The minimum absolute atomic E-state index is 0.201. The van der Waals surface area contributed by atoms with E-state index >= 15 is 0 Å². The van der Waals surface area contributed by atoms with Crippen LogP contribution in [0, 0.1) is 0 Å². The maximum Gasteiger partial charge on any atom is 0.407 e. The molecular formula is C26H37N3O3S. The van der Waals surface area contributed by atoms with Crippen LogP contribution in [0.5, 0.6) is 10.9 Å². The van der Waals surface area contributed by atoms with Crippen molar-refractivity contribution in [1.82, 2.24) is 15.2 Å². The maximum absolute atomic E-state index is 11.7. The van der Waals surface area contributed by atoms with Crippen molar-refractivity contribution in [1.29, 1.82) is 0 Å². The highest BCUT2D eigenvalue weighted by Gasteiger charge is 2.21. The Hall–Kier alpha value is -2.64. The van der Waals surface area contributed by atoms with E-state index in [0.29, 0.717) is 11.8 Å². The number of carbonyl (C=O) groups excluding carboxylic acids is 1. The molecule has 1 N–H and O–H groups in total. The molecule has 180 valence electrons. The lowest BCUT2D eigenvalue weighted by Crippen LogP contribution is -2.44. The molecule has 6 nitrogen and oxygen atoms in total. The molecule has 7 heteroatoms. The predicted molar refractivity (Wildman–Crippen MR) is 137 cm³/mol. The number of nitrogens with one attached hydrogen (secondary N) is 1. The number of piperidine rings is 1. The van der Waals surface area contributed by atoms with Gasteiger partial charge in [0, 0.05) is 31.9 Å². The summed E-state index contributed by atoms with van der Waals surface area (Å²) >= 11 is 1.52. The van der Waals surface area contributed by atoms with E-state index in [4.69, 9.17) is 9.47 Å². The fraction of sp³-hybridized carbons (Fsp3) is 0.462. The average molecular weight is 472 g/mol. The Kier molecular flexibility index (Phi) is 12.3. The van der Waals surface area contributed by atoms with Crippen molar-refractivity contribution in [3.8, 4) is 10.9 Å². The summed E-state index contributed by atoms with van der Waals surface area (Å²) in [7, 11) is 0. The van der Waals surface area contributed by atoms with Gasteiger partial charge in [-0.15, -0.1) is 0 Å². The molecule has 2 heterocycles. The van der Waals surface area contributed by atoms with Gasteiger partial charge in [-0.05, 0) is 50.0 Å². The molecule has 1 aromatic heterocycles. The molecular weight excluding hydrogens is 434 g/mol. The van der Waals surface area contributed by atoms with Gasteiger partial charge in [-0.1, -0.05) is 62.5 Å². The van der Waals surface area contributed by atoms with E-state index in [9.17, 15) is 4.79 Å². The molecule has 0 bridgehead atoms. The Labute approximate surface area is 202 Å². The fourth-order valence-electron chi connectivity index (χ4n) is 3.32. The summed E-state index contributed by atoms with van der Waals surface area (Å²) in [5.41, 5.74) is 1.25. The van der Waals surface area contributed by atoms with Gasteiger partial charge in [0.15, 0.2) is 0 Å². The number of likely N-dealkylation sites (tertiary alicyclic amines) is 1. The standard InChI is InChI=1S/C24H31N3O3S.C2H6/c1-3-5-6-7-22-17-25-24(31-22)30-21-10-8-19(9-11-21)18-27-14-12-20(13-15-27)26-23(28)29-16-4-2;1-2/h3,5-11,17,20H,4,12-16,18H2,1-2H3,(H,26,28);1-2H3/b5-3-,7-6-;. The van der Waals surface area contributed by atoms with Crippen molar-refractivity contribution >= 4 is 23.5 Å². The molecule has 0 atom stereocenters. The van der Waals surface area contributed by atoms with Crippen molar-refractivity contribution in [3.05, 3.63) is 59.1 Å². The number of aromatic nitrogens is 1. The third-order valence-electron chi connectivity index (χ3n) is 4.95. The summed E-state index contributed by atoms with van der Waals surface area (Å²) in [6.45, 7) is 11.3. The molecule has 3 rings (SSSR count). The van der Waals surface area contributed by atoms with Gasteiger partial charge in [-0.2, -0.15) is 0 Å². The first kappa shape index (κ1) is 26.6. The number of alkyl carbamates (subject to hydrolysis) is 1. The van der Waals surface area contributed by atoms with Gasteiger partial charge >= 0.3 is 6.09 Å². The molecule has 1 aliphatic rings. The summed E-state index contributed by atoms with van der Waals surface area (Å²) in [5.74, 6) is 0.788. The first-order valence-electron chi connectivity index (χ1n) is 11.8. The zero-order chi connectivity index (χ0) is 23.9. The van der Waals surface area contributed by atoms with Crippen molar-refractivity contribution in [2.24, 2.45) is 0 Å². The third kappa shape index (κ3) is 9.80. The first-order chi connectivity index (χ1) is 16.2. The first-order valence-corrected chi connectivity index (χ1v) is 12.7. The number of hydrogen-bond acceptors (Lipinski definition) is 6. The van der Waals surface area contributed by atoms with Crippen LogP contribution < -0.4 is 10.1 Å². The number of rotatable bonds is 9. The minimum atomic E-state index is -0.294. The van der Waals surface area contributed by atoms with Crippen LogP contribution in [0.25, 0.3) is 6.08 Å². The summed E-state index contributed by atoms with van der Waals surface area (Å²) in [6.07, 6.45) is 12.2. The van der Waals surface area contributed by atoms with E-state index in [2.05, 4.69) is 27.3 Å². The molecule has 1 fully saturated rings. The fourth-order valence-corrected chi connectivity index (χ4v) is 4.01. The Morgan fingerprint density at radius 1 is 1.21 bits per heavy atom. The maximum atomic E-state index is 11.7. The van der Waals surface area contributed by atoms with Crippen molar-refractivity contribution in [2.45, 2.75) is 59.5 Å². The van der Waals surface area contributed by atoms with Crippen molar-refractivity contribution in [3.63, 3.8) is 0 Å². The minimum Gasteiger partial charge on any atom is -0.450 e. The van der Waals surface area contributed by atoms with Gasteiger partial charge in [0.1, 0.15) is 5.75 Å². The lowest BCUT2D eigenvalue weighted by atomic mass is 10.0. The molecule has 0 unspecified atom stereocenters. The highest BCUT2D eigenvalue weighted by atomic mass is 32.1. The van der Waals surface area contributed by atoms with Gasteiger partial charge in [-0.25, -0.2) is 9.78 Å². The Morgan fingerprint density at radius 2 is 1.94 bits per heavy atom. The molecule has 0 aliphatic carbocycles. The lowest BCUT2D eigenvalue weighted by molar-refractivity contribution is 0.131. The van der Waals surface area contributed by atoms with Crippen molar-refractivity contribution < 1.29 is 14.3 Å². The van der Waals surface area contributed by atoms with Gasteiger partial charge in [0.05, 0.1) is 11.5 Å². The number of amides is 1. The van der Waals surface area contributed by atoms with E-state index in [1.54, 1.807) is 0 Å². The van der Waals surface area contributed by atoms with Gasteiger partial charge < -0.3 is 14.8 Å². The zero-order valence-electron chi connectivity index (χ0n) is 20.3. The van der Waals surface area contributed by atoms with Crippen LogP contribution in [-0.4, -0.2) is 41.7 Å². The molecule has 2 aromatic rings. The summed E-state index contributed by atoms with van der Waals surface area (Å²) in [5, 5.41) is 3.61. The SMILES string of the molecule is C/C=C\C=C/c1cnc(Oc2ccc(CN3CCC(NC(=O)OCCC)CC3)cc2)s1.CC. The summed E-state index contributed by atoms with van der Waals surface area (Å²) in [4.78, 5) is 19.5. The van der Waals surface area contributed by atoms with Crippen LogP contribution in [0.15, 0.2) is 48.7 Å². The monoisotopic (exact) mass is 471 g/mol. The predicted octanol–water partition coefficient (Wildman–Crippen LogP) is 6.65. The topological polar surface area (TPSA) is 63.7 Å². The Bertz CT molecular complexity index is 869. The molecule has 0 spiro atoms. The number of benzene rings is 1. The van der Waals surface area contributed by atoms with E-state index in [1.807, 2.05) is 70.3 Å². The van der Waals surface area contributed by atoms with Crippen LogP contribution in [0.4, 0.5) is 4.79 Å². The molecule has 0 radical (unpaired) electrons. The second-order valence-corrected chi connectivity index (χ2v) is 8.51. The van der Waals surface area contributed by atoms with Gasteiger partial charge in [0.25, 0.3) is 5.19 Å². The molecule has 33 heavy (non-hydrogen) atoms. The number of nitrogens with zero attached hydrogens (tertiary/aromatic N) is 2.